The number of aromatic nitrogens is 2. The molecule has 2 atom stereocenters. The molecule has 0 amide bonds. The maximum absolute atomic E-state index is 13.1. The van der Waals surface area contributed by atoms with Crippen LogP contribution in [0.1, 0.15) is 17.5 Å². The molecule has 1 saturated heterocycles. The molecule has 2 heterocycles. The summed E-state index contributed by atoms with van der Waals surface area (Å²) in [5, 5.41) is 11.4. The molecular weight excluding hydrogens is 434 g/mol. The van der Waals surface area contributed by atoms with Gasteiger partial charge < -0.3 is 14.6 Å². The third-order valence-electron chi connectivity index (χ3n) is 4.96. The van der Waals surface area contributed by atoms with Gasteiger partial charge in [-0.15, -0.1) is 0 Å². The standard InChI is InChI=1S/C19H26FN3O2.C2HF3O2/c1-22-13-16(12-21-22)11-18-19(25-10-9-24-2)7-8-23(18)14-15-3-5-17(20)6-4-15;3-2(4,5)1(6)7/h3-6,12-13,18-19H,7-11,14H2,1-2H3;(H,6,7)/t18-,19+;/m0./s1. The highest BCUT2D eigenvalue weighted by Gasteiger charge is 2.38. The Morgan fingerprint density at radius 2 is 1.88 bits per heavy atom. The number of hydrogen-bond donors (Lipinski definition) is 1. The zero-order chi connectivity index (χ0) is 23.7. The molecule has 0 bridgehead atoms. The van der Waals surface area contributed by atoms with Gasteiger partial charge in [-0.2, -0.15) is 18.3 Å². The van der Waals surface area contributed by atoms with Crippen molar-refractivity contribution in [2.45, 2.75) is 37.7 Å². The van der Waals surface area contributed by atoms with Crippen LogP contribution in [-0.2, 0) is 34.3 Å². The van der Waals surface area contributed by atoms with E-state index in [2.05, 4.69) is 16.2 Å². The van der Waals surface area contributed by atoms with Crippen molar-refractivity contribution in [3.63, 3.8) is 0 Å². The number of ether oxygens (including phenoxy) is 2. The lowest BCUT2D eigenvalue weighted by molar-refractivity contribution is -0.192. The second-order valence-electron chi connectivity index (χ2n) is 7.38. The molecule has 1 aromatic carbocycles. The number of aryl methyl sites for hydroxylation is 1. The van der Waals surface area contributed by atoms with Gasteiger partial charge in [-0.1, -0.05) is 12.1 Å². The zero-order valence-corrected chi connectivity index (χ0v) is 17.9. The predicted molar refractivity (Wildman–Crippen MR) is 107 cm³/mol. The quantitative estimate of drug-likeness (QED) is 0.481. The van der Waals surface area contributed by atoms with Gasteiger partial charge in [0.1, 0.15) is 5.82 Å². The minimum atomic E-state index is -5.08. The molecule has 178 valence electrons. The number of rotatable bonds is 8. The second kappa shape index (κ2) is 11.9. The van der Waals surface area contributed by atoms with E-state index < -0.39 is 12.1 Å². The summed E-state index contributed by atoms with van der Waals surface area (Å²) in [7, 11) is 3.62. The van der Waals surface area contributed by atoms with E-state index in [4.69, 9.17) is 19.4 Å². The van der Waals surface area contributed by atoms with Gasteiger partial charge in [0.15, 0.2) is 0 Å². The third kappa shape index (κ3) is 8.21. The molecule has 7 nitrogen and oxygen atoms in total. The van der Waals surface area contributed by atoms with Gasteiger partial charge in [-0.3, -0.25) is 9.58 Å². The Hall–Kier alpha value is -2.50. The van der Waals surface area contributed by atoms with E-state index in [0.29, 0.717) is 13.2 Å². The van der Waals surface area contributed by atoms with Crippen LogP contribution in [-0.4, -0.2) is 70.9 Å². The number of benzene rings is 1. The number of halogens is 4. The van der Waals surface area contributed by atoms with E-state index in [1.165, 1.54) is 17.7 Å². The number of nitrogens with zero attached hydrogens (tertiary/aromatic N) is 3. The van der Waals surface area contributed by atoms with E-state index in [9.17, 15) is 17.6 Å². The Balaban J connectivity index is 0.000000451. The van der Waals surface area contributed by atoms with Gasteiger partial charge in [0.05, 0.1) is 25.5 Å². The highest BCUT2D eigenvalue weighted by molar-refractivity contribution is 5.73. The monoisotopic (exact) mass is 461 g/mol. The van der Waals surface area contributed by atoms with Crippen molar-refractivity contribution >= 4 is 5.97 Å². The van der Waals surface area contributed by atoms with Crippen LogP contribution in [0.4, 0.5) is 17.6 Å². The Kier molecular flexibility index (Phi) is 9.60. The first-order valence-corrected chi connectivity index (χ1v) is 9.96. The molecule has 1 aliphatic heterocycles. The van der Waals surface area contributed by atoms with Gasteiger partial charge in [0, 0.05) is 39.5 Å². The Morgan fingerprint density at radius 1 is 1.22 bits per heavy atom. The molecule has 2 aromatic rings. The Morgan fingerprint density at radius 3 is 2.41 bits per heavy atom. The number of aliphatic carboxylic acids is 1. The molecule has 0 radical (unpaired) electrons. The summed E-state index contributed by atoms with van der Waals surface area (Å²) in [6, 6.07) is 7.04. The topological polar surface area (TPSA) is 76.8 Å². The van der Waals surface area contributed by atoms with Crippen molar-refractivity contribution in [3.8, 4) is 0 Å². The lowest BCUT2D eigenvalue weighted by Crippen LogP contribution is -2.38. The first kappa shape index (κ1) is 25.8. The molecule has 0 unspecified atom stereocenters. The molecule has 3 rings (SSSR count). The number of carboxylic acids is 1. The van der Waals surface area contributed by atoms with Crippen molar-refractivity contribution in [2.24, 2.45) is 7.05 Å². The van der Waals surface area contributed by atoms with Gasteiger partial charge in [0.25, 0.3) is 0 Å². The lowest BCUT2D eigenvalue weighted by Gasteiger charge is -2.28. The molecule has 1 fully saturated rings. The van der Waals surface area contributed by atoms with Crippen LogP contribution in [0.15, 0.2) is 36.7 Å². The van der Waals surface area contributed by atoms with Gasteiger partial charge in [-0.05, 0) is 36.1 Å². The van der Waals surface area contributed by atoms with Gasteiger partial charge in [0.2, 0.25) is 0 Å². The van der Waals surface area contributed by atoms with Crippen molar-refractivity contribution in [2.75, 3.05) is 26.9 Å². The lowest BCUT2D eigenvalue weighted by atomic mass is 10.0. The van der Waals surface area contributed by atoms with Gasteiger partial charge >= 0.3 is 12.1 Å². The van der Waals surface area contributed by atoms with Gasteiger partial charge in [-0.25, -0.2) is 9.18 Å². The number of carboxylic acid groups (broad SMARTS) is 1. The third-order valence-corrected chi connectivity index (χ3v) is 4.96. The Bertz CT molecular complexity index is 842. The van der Waals surface area contributed by atoms with Crippen LogP contribution in [0.2, 0.25) is 0 Å². The maximum Gasteiger partial charge on any atom is 0.490 e. The normalized spacial score (nSPS) is 18.9. The highest BCUT2D eigenvalue weighted by atomic mass is 19.4. The van der Waals surface area contributed by atoms with Crippen molar-refractivity contribution < 1.29 is 36.9 Å². The average molecular weight is 461 g/mol. The summed E-state index contributed by atoms with van der Waals surface area (Å²) in [6.45, 7) is 2.98. The summed E-state index contributed by atoms with van der Waals surface area (Å²) in [5.74, 6) is -2.95. The number of alkyl halides is 3. The highest BCUT2D eigenvalue weighted by Crippen LogP contribution is 2.26. The molecule has 0 spiro atoms. The van der Waals surface area contributed by atoms with Crippen LogP contribution < -0.4 is 0 Å². The van der Waals surface area contributed by atoms with Crippen molar-refractivity contribution in [1.29, 1.82) is 0 Å². The molecule has 1 N–H and O–H groups in total. The molecule has 1 aromatic heterocycles. The SMILES string of the molecule is COCCO[C@@H]1CCN(Cc2ccc(F)cc2)[C@H]1Cc1cnn(C)c1.O=C(O)C(F)(F)F. The molecule has 0 saturated carbocycles. The van der Waals surface area contributed by atoms with Crippen molar-refractivity contribution in [1.82, 2.24) is 14.7 Å². The zero-order valence-electron chi connectivity index (χ0n) is 17.9. The largest absolute Gasteiger partial charge is 0.490 e. The predicted octanol–water partition coefficient (Wildman–Crippen LogP) is 3.04. The summed E-state index contributed by atoms with van der Waals surface area (Å²) >= 11 is 0. The van der Waals surface area contributed by atoms with E-state index >= 15 is 0 Å². The van der Waals surface area contributed by atoms with Crippen LogP contribution in [0.5, 0.6) is 0 Å². The van der Waals surface area contributed by atoms with Crippen LogP contribution in [0, 0.1) is 5.82 Å². The first-order chi connectivity index (χ1) is 15.1. The van der Waals surface area contributed by atoms with E-state index in [1.807, 2.05) is 30.1 Å². The fourth-order valence-corrected chi connectivity index (χ4v) is 3.46. The second-order valence-corrected chi connectivity index (χ2v) is 7.38. The van der Waals surface area contributed by atoms with E-state index in [0.717, 1.165) is 31.5 Å². The average Bonchev–Trinajstić information content (AvgIpc) is 3.30. The molecule has 0 aliphatic carbocycles. The number of hydrogen-bond acceptors (Lipinski definition) is 5. The van der Waals surface area contributed by atoms with Crippen LogP contribution >= 0.6 is 0 Å². The Labute approximate surface area is 183 Å². The minimum Gasteiger partial charge on any atom is -0.475 e. The molecule has 32 heavy (non-hydrogen) atoms. The summed E-state index contributed by atoms with van der Waals surface area (Å²) in [4.78, 5) is 11.3. The molecule has 1 aliphatic rings. The van der Waals surface area contributed by atoms with Crippen LogP contribution in [0.25, 0.3) is 0 Å². The molecular formula is C21H27F4N3O4. The van der Waals surface area contributed by atoms with E-state index in [1.54, 1.807) is 7.11 Å². The summed E-state index contributed by atoms with van der Waals surface area (Å²) in [5.41, 5.74) is 2.33. The first-order valence-electron chi connectivity index (χ1n) is 9.96. The fraction of sp³-hybridized carbons (Fsp3) is 0.524. The minimum absolute atomic E-state index is 0.177. The van der Waals surface area contributed by atoms with E-state index in [-0.39, 0.29) is 18.0 Å². The fourth-order valence-electron chi connectivity index (χ4n) is 3.46. The molecule has 11 heteroatoms. The van der Waals surface area contributed by atoms with Crippen LogP contribution in [0.3, 0.4) is 0 Å². The smallest absolute Gasteiger partial charge is 0.475 e. The van der Waals surface area contributed by atoms with Crippen molar-refractivity contribution in [3.05, 3.63) is 53.6 Å². The number of methoxy groups -OCH3 is 1. The number of likely N-dealkylation sites (tertiary alicyclic amines) is 1. The maximum atomic E-state index is 13.1. The summed E-state index contributed by atoms with van der Waals surface area (Å²) in [6.07, 6.45) is 0.958. The number of carbonyl (C=O) groups is 1. The summed E-state index contributed by atoms with van der Waals surface area (Å²) < 4.78 is 57.9.